The Bertz CT molecular complexity index is 1250. The molecule has 0 fully saturated rings. The Hall–Kier alpha value is -3.76. The van der Waals surface area contributed by atoms with Crippen LogP contribution in [-0.2, 0) is 0 Å². The summed E-state index contributed by atoms with van der Waals surface area (Å²) in [4.78, 5) is 25.6. The normalized spacial score (nSPS) is 11.9. The van der Waals surface area contributed by atoms with Crippen LogP contribution in [0.3, 0.4) is 0 Å². The fourth-order valence-corrected chi connectivity index (χ4v) is 3.16. The van der Waals surface area contributed by atoms with Gasteiger partial charge >= 0.3 is 5.91 Å². The zero-order chi connectivity index (χ0) is 22.7. The Balaban J connectivity index is 1.53. The van der Waals surface area contributed by atoms with Gasteiger partial charge in [-0.25, -0.2) is 15.0 Å². The van der Waals surface area contributed by atoms with Crippen LogP contribution in [0, 0.1) is 13.8 Å². The molecule has 1 amide bonds. The summed E-state index contributed by atoms with van der Waals surface area (Å²) in [5.74, 6) is -0.435. The van der Waals surface area contributed by atoms with E-state index in [-0.39, 0.29) is 12.5 Å². The Morgan fingerprint density at radius 2 is 2.09 bits per heavy atom. The molecule has 0 unspecified atom stereocenters. The average Bonchev–Trinajstić information content (AvgIpc) is 3.43. The molecule has 3 aromatic heterocycles. The van der Waals surface area contributed by atoms with E-state index >= 15 is 0 Å². The van der Waals surface area contributed by atoms with Gasteiger partial charge in [-0.2, -0.15) is 0 Å². The van der Waals surface area contributed by atoms with Gasteiger partial charge in [-0.1, -0.05) is 28.9 Å². The van der Waals surface area contributed by atoms with E-state index in [1.165, 1.54) is 12.5 Å². The lowest BCUT2D eigenvalue weighted by Crippen LogP contribution is -2.31. The van der Waals surface area contributed by atoms with E-state index in [1.807, 2.05) is 6.92 Å². The number of hydrogen-bond acceptors (Lipinski definition) is 9. The summed E-state index contributed by atoms with van der Waals surface area (Å²) in [6, 6.07) is 6.20. The first kappa shape index (κ1) is 21.5. The standard InChI is InChI=1S/C21H19ClN6O4/c1-11-7-23-21(26-16-10-32-28-12(16)2)27-18(11)17-9-31-20(25-17)19(30)24-15(8-29)13-4-3-5-14(22)6-13/h3-7,9-10,15,29H,8H2,1-2H3,(H,24,30)(H,23,26,27)/t15-/m1/s1. The van der Waals surface area contributed by atoms with Crippen LogP contribution in [0.5, 0.6) is 0 Å². The number of aryl methyl sites for hydroxylation is 2. The van der Waals surface area contributed by atoms with Gasteiger partial charge < -0.3 is 24.7 Å². The molecule has 0 spiro atoms. The molecular weight excluding hydrogens is 436 g/mol. The largest absolute Gasteiger partial charge is 0.440 e. The van der Waals surface area contributed by atoms with E-state index in [9.17, 15) is 9.90 Å². The molecular formula is C21H19ClN6O4. The molecule has 0 bridgehead atoms. The van der Waals surface area contributed by atoms with E-state index in [1.54, 1.807) is 37.4 Å². The number of hydrogen-bond donors (Lipinski definition) is 3. The van der Waals surface area contributed by atoms with Gasteiger partial charge in [0, 0.05) is 11.2 Å². The molecule has 1 atom stereocenters. The quantitative estimate of drug-likeness (QED) is 0.382. The maximum atomic E-state index is 12.6. The first-order valence-corrected chi connectivity index (χ1v) is 9.97. The third-order valence-corrected chi connectivity index (χ3v) is 4.88. The number of benzene rings is 1. The van der Waals surface area contributed by atoms with E-state index in [0.29, 0.717) is 39.3 Å². The van der Waals surface area contributed by atoms with E-state index < -0.39 is 11.9 Å². The Morgan fingerprint density at radius 1 is 1.25 bits per heavy atom. The smallest absolute Gasteiger partial charge is 0.307 e. The number of carbonyl (C=O) groups is 1. The summed E-state index contributed by atoms with van der Waals surface area (Å²) < 4.78 is 10.3. The fraction of sp³-hybridized carbons (Fsp3) is 0.190. The number of halogens is 1. The number of aromatic nitrogens is 4. The summed E-state index contributed by atoms with van der Waals surface area (Å²) in [5.41, 5.74) is 3.55. The second-order valence-corrected chi connectivity index (χ2v) is 7.40. The topological polar surface area (TPSA) is 139 Å². The van der Waals surface area contributed by atoms with Crippen molar-refractivity contribution < 1.29 is 18.8 Å². The Morgan fingerprint density at radius 3 is 2.81 bits per heavy atom. The molecule has 0 saturated carbocycles. The molecule has 3 N–H and O–H groups in total. The molecule has 4 rings (SSSR count). The lowest BCUT2D eigenvalue weighted by Gasteiger charge is -2.15. The number of amides is 1. The summed E-state index contributed by atoms with van der Waals surface area (Å²) >= 11 is 6.00. The van der Waals surface area contributed by atoms with Crippen molar-refractivity contribution in [3.05, 3.63) is 70.7 Å². The minimum absolute atomic E-state index is 0.164. The van der Waals surface area contributed by atoms with Crippen molar-refractivity contribution in [1.82, 2.24) is 25.4 Å². The number of aliphatic hydroxyl groups excluding tert-OH is 1. The van der Waals surface area contributed by atoms with Crippen molar-refractivity contribution in [2.24, 2.45) is 0 Å². The lowest BCUT2D eigenvalue weighted by molar-refractivity contribution is 0.0881. The number of rotatable bonds is 7. The van der Waals surface area contributed by atoms with Crippen LogP contribution < -0.4 is 10.6 Å². The third kappa shape index (κ3) is 4.61. The van der Waals surface area contributed by atoms with Gasteiger partial charge in [0.05, 0.1) is 12.6 Å². The maximum Gasteiger partial charge on any atom is 0.307 e. The van der Waals surface area contributed by atoms with Crippen molar-refractivity contribution in [1.29, 1.82) is 0 Å². The molecule has 0 radical (unpaired) electrons. The number of nitrogens with zero attached hydrogens (tertiary/aromatic N) is 4. The van der Waals surface area contributed by atoms with Crippen molar-refractivity contribution in [2.45, 2.75) is 19.9 Å². The first-order valence-electron chi connectivity index (χ1n) is 9.59. The highest BCUT2D eigenvalue weighted by atomic mass is 35.5. The van der Waals surface area contributed by atoms with Crippen molar-refractivity contribution >= 4 is 29.1 Å². The van der Waals surface area contributed by atoms with Crippen molar-refractivity contribution in [2.75, 3.05) is 11.9 Å². The number of oxazole rings is 1. The SMILES string of the molecule is Cc1cnc(Nc2conc2C)nc1-c1coc(C(=O)N[C@H](CO)c2cccc(Cl)c2)n1. The second kappa shape index (κ2) is 9.16. The summed E-state index contributed by atoms with van der Waals surface area (Å²) in [5, 5.41) is 19.7. The van der Waals surface area contributed by atoms with Crippen molar-refractivity contribution in [3.8, 4) is 11.4 Å². The molecule has 32 heavy (non-hydrogen) atoms. The summed E-state index contributed by atoms with van der Waals surface area (Å²) in [6.45, 7) is 3.29. The van der Waals surface area contributed by atoms with Crippen LogP contribution in [0.1, 0.15) is 33.5 Å². The molecule has 0 aliphatic heterocycles. The minimum atomic E-state index is -0.667. The van der Waals surface area contributed by atoms with E-state index in [0.717, 1.165) is 5.56 Å². The number of nitrogens with one attached hydrogen (secondary N) is 2. The first-order chi connectivity index (χ1) is 15.4. The predicted molar refractivity (Wildman–Crippen MR) is 116 cm³/mol. The van der Waals surface area contributed by atoms with E-state index in [4.69, 9.17) is 20.5 Å². The number of anilines is 2. The molecule has 4 aromatic rings. The van der Waals surface area contributed by atoms with Gasteiger partial charge in [0.2, 0.25) is 5.95 Å². The molecule has 10 nitrogen and oxygen atoms in total. The van der Waals surface area contributed by atoms with Gasteiger partial charge in [0.15, 0.2) is 0 Å². The highest BCUT2D eigenvalue weighted by molar-refractivity contribution is 6.30. The zero-order valence-electron chi connectivity index (χ0n) is 17.2. The summed E-state index contributed by atoms with van der Waals surface area (Å²) in [6.07, 6.45) is 4.42. The Labute approximate surface area is 187 Å². The predicted octanol–water partition coefficient (Wildman–Crippen LogP) is 3.60. The molecule has 3 heterocycles. The van der Waals surface area contributed by atoms with E-state index in [2.05, 4.69) is 30.7 Å². The third-order valence-electron chi connectivity index (χ3n) is 4.65. The van der Waals surface area contributed by atoms with Gasteiger partial charge in [-0.05, 0) is 37.1 Å². The molecule has 0 aliphatic rings. The zero-order valence-corrected chi connectivity index (χ0v) is 17.9. The average molecular weight is 455 g/mol. The lowest BCUT2D eigenvalue weighted by atomic mass is 10.1. The molecule has 0 saturated heterocycles. The van der Waals surface area contributed by atoms with Crippen LogP contribution in [0.15, 0.2) is 51.9 Å². The van der Waals surface area contributed by atoms with Crippen LogP contribution in [-0.4, -0.2) is 37.7 Å². The highest BCUT2D eigenvalue weighted by Crippen LogP contribution is 2.24. The number of aliphatic hydroxyl groups is 1. The summed E-state index contributed by atoms with van der Waals surface area (Å²) in [7, 11) is 0. The highest BCUT2D eigenvalue weighted by Gasteiger charge is 2.21. The van der Waals surface area contributed by atoms with Crippen LogP contribution >= 0.6 is 11.6 Å². The van der Waals surface area contributed by atoms with Gasteiger partial charge in [0.25, 0.3) is 5.89 Å². The van der Waals surface area contributed by atoms with Crippen LogP contribution in [0.25, 0.3) is 11.4 Å². The monoisotopic (exact) mass is 454 g/mol. The van der Waals surface area contributed by atoms with Gasteiger partial charge in [-0.15, -0.1) is 0 Å². The second-order valence-electron chi connectivity index (χ2n) is 6.97. The van der Waals surface area contributed by atoms with Gasteiger partial charge in [-0.3, -0.25) is 4.79 Å². The molecule has 1 aromatic carbocycles. The van der Waals surface area contributed by atoms with Crippen LogP contribution in [0.4, 0.5) is 11.6 Å². The van der Waals surface area contributed by atoms with Gasteiger partial charge in [0.1, 0.15) is 35.3 Å². The molecule has 11 heteroatoms. The number of carbonyl (C=O) groups excluding carboxylic acids is 1. The minimum Gasteiger partial charge on any atom is -0.440 e. The molecule has 164 valence electrons. The van der Waals surface area contributed by atoms with Crippen LogP contribution in [0.2, 0.25) is 5.02 Å². The van der Waals surface area contributed by atoms with Crippen molar-refractivity contribution in [3.63, 3.8) is 0 Å². The fourth-order valence-electron chi connectivity index (χ4n) is 2.96. The molecule has 0 aliphatic carbocycles. The Kier molecular flexibility index (Phi) is 6.15. The maximum absolute atomic E-state index is 12.6.